The Labute approximate surface area is 185 Å². The fourth-order valence-corrected chi connectivity index (χ4v) is 3.43. The zero-order chi connectivity index (χ0) is 21.5. The van der Waals surface area contributed by atoms with Crippen molar-refractivity contribution >= 4 is 57.7 Å². The fourth-order valence-electron chi connectivity index (χ4n) is 2.24. The molecule has 11 heteroatoms. The first-order valence-corrected chi connectivity index (χ1v) is 10.1. The van der Waals surface area contributed by atoms with Gasteiger partial charge in [-0.2, -0.15) is 5.10 Å². The zero-order valence-corrected chi connectivity index (χ0v) is 17.9. The lowest BCUT2D eigenvalue weighted by atomic mass is 10.2. The monoisotopic (exact) mass is 463 g/mol. The molecule has 154 valence electrons. The van der Waals surface area contributed by atoms with Crippen molar-refractivity contribution in [2.24, 2.45) is 5.10 Å². The van der Waals surface area contributed by atoms with Crippen molar-refractivity contribution in [3.8, 4) is 5.75 Å². The van der Waals surface area contributed by atoms with E-state index < -0.39 is 0 Å². The predicted molar refractivity (Wildman–Crippen MR) is 117 cm³/mol. The molecule has 8 nitrogen and oxygen atoms in total. The summed E-state index contributed by atoms with van der Waals surface area (Å²) in [5, 5.41) is 15.9. The van der Waals surface area contributed by atoms with E-state index in [4.69, 9.17) is 27.9 Å². The lowest BCUT2D eigenvalue weighted by Crippen LogP contribution is -2.19. The molecule has 2 N–H and O–H groups in total. The van der Waals surface area contributed by atoms with E-state index in [9.17, 15) is 9.59 Å². The van der Waals surface area contributed by atoms with Gasteiger partial charge in [0.05, 0.1) is 24.8 Å². The second-order valence-electron chi connectivity index (χ2n) is 5.82. The highest BCUT2D eigenvalue weighted by molar-refractivity contribution is 7.15. The van der Waals surface area contributed by atoms with E-state index >= 15 is 0 Å². The number of hydrogen-bond acceptors (Lipinski definition) is 7. The van der Waals surface area contributed by atoms with Gasteiger partial charge in [-0.25, -0.2) is 5.43 Å². The molecule has 0 bridgehead atoms. The first-order chi connectivity index (χ1) is 14.4. The maximum absolute atomic E-state index is 12.2. The van der Waals surface area contributed by atoms with Crippen molar-refractivity contribution in [3.63, 3.8) is 0 Å². The van der Waals surface area contributed by atoms with Crippen molar-refractivity contribution in [3.05, 3.63) is 68.6 Å². The SMILES string of the molecule is COc1ccc(C(=O)Nc2nnc(CC(=O)N/N=C/c3ccc(Cl)cc3Cl)s2)cc1. The number of aromatic nitrogens is 2. The molecule has 2 aromatic carbocycles. The first-order valence-electron chi connectivity index (χ1n) is 8.49. The molecule has 0 spiro atoms. The Morgan fingerprint density at radius 1 is 1.17 bits per heavy atom. The van der Waals surface area contributed by atoms with E-state index in [-0.39, 0.29) is 23.4 Å². The van der Waals surface area contributed by atoms with E-state index in [0.29, 0.717) is 31.9 Å². The van der Waals surface area contributed by atoms with E-state index in [1.54, 1.807) is 49.6 Å². The minimum absolute atomic E-state index is 0.0399. The van der Waals surface area contributed by atoms with Crippen molar-refractivity contribution in [1.29, 1.82) is 0 Å². The summed E-state index contributed by atoms with van der Waals surface area (Å²) in [7, 11) is 1.55. The van der Waals surface area contributed by atoms with Crippen LogP contribution in [-0.4, -0.2) is 35.3 Å². The number of hydrogen-bond donors (Lipinski definition) is 2. The summed E-state index contributed by atoms with van der Waals surface area (Å²) in [5.41, 5.74) is 3.44. The summed E-state index contributed by atoms with van der Waals surface area (Å²) in [6.45, 7) is 0. The molecule has 1 aromatic heterocycles. The van der Waals surface area contributed by atoms with Crippen LogP contribution >= 0.6 is 34.5 Å². The molecule has 0 aliphatic rings. The summed E-state index contributed by atoms with van der Waals surface area (Å²) in [5.74, 6) is -0.0773. The third-order valence-electron chi connectivity index (χ3n) is 3.71. The molecule has 2 amide bonds. The van der Waals surface area contributed by atoms with E-state index in [0.717, 1.165) is 11.3 Å². The first kappa shape index (κ1) is 21.7. The molecule has 0 atom stereocenters. The molecule has 0 saturated carbocycles. The van der Waals surface area contributed by atoms with Gasteiger partial charge in [-0.05, 0) is 36.4 Å². The van der Waals surface area contributed by atoms with E-state index in [1.807, 2.05) is 0 Å². The van der Waals surface area contributed by atoms with Gasteiger partial charge < -0.3 is 4.74 Å². The quantitative estimate of drug-likeness (QED) is 0.409. The Balaban J connectivity index is 1.52. The smallest absolute Gasteiger partial charge is 0.257 e. The highest BCUT2D eigenvalue weighted by Gasteiger charge is 2.12. The van der Waals surface area contributed by atoms with Crippen LogP contribution in [0.25, 0.3) is 0 Å². The van der Waals surface area contributed by atoms with Gasteiger partial charge in [0.1, 0.15) is 10.8 Å². The molecule has 3 aromatic rings. The van der Waals surface area contributed by atoms with Crippen LogP contribution in [0.3, 0.4) is 0 Å². The second-order valence-corrected chi connectivity index (χ2v) is 7.73. The van der Waals surface area contributed by atoms with Crippen LogP contribution < -0.4 is 15.5 Å². The van der Waals surface area contributed by atoms with Gasteiger partial charge in [0.2, 0.25) is 11.0 Å². The van der Waals surface area contributed by atoms with Crippen LogP contribution in [0, 0.1) is 0 Å². The number of methoxy groups -OCH3 is 1. The van der Waals surface area contributed by atoms with Crippen LogP contribution in [-0.2, 0) is 11.2 Å². The van der Waals surface area contributed by atoms with Gasteiger partial charge in [0.25, 0.3) is 5.91 Å². The van der Waals surface area contributed by atoms with Gasteiger partial charge in [-0.15, -0.1) is 10.2 Å². The Morgan fingerprint density at radius 2 is 1.93 bits per heavy atom. The molecule has 0 saturated heterocycles. The van der Waals surface area contributed by atoms with Gasteiger partial charge in [-0.3, -0.25) is 14.9 Å². The van der Waals surface area contributed by atoms with Crippen LogP contribution in [0.5, 0.6) is 5.75 Å². The summed E-state index contributed by atoms with van der Waals surface area (Å²) in [6, 6.07) is 11.6. The molecule has 3 rings (SSSR count). The third kappa shape index (κ3) is 5.99. The summed E-state index contributed by atoms with van der Waals surface area (Å²) < 4.78 is 5.06. The number of amides is 2. The minimum Gasteiger partial charge on any atom is -0.497 e. The number of ether oxygens (including phenoxy) is 1. The molecule has 0 aliphatic heterocycles. The molecule has 0 fully saturated rings. The van der Waals surface area contributed by atoms with Crippen LogP contribution in [0.4, 0.5) is 5.13 Å². The topological polar surface area (TPSA) is 106 Å². The van der Waals surface area contributed by atoms with Gasteiger partial charge in [0.15, 0.2) is 0 Å². The Bertz CT molecular complexity index is 1090. The number of nitrogens with one attached hydrogen (secondary N) is 2. The van der Waals surface area contributed by atoms with Gasteiger partial charge in [0, 0.05) is 16.1 Å². The van der Waals surface area contributed by atoms with Crippen molar-refractivity contribution < 1.29 is 14.3 Å². The van der Waals surface area contributed by atoms with Crippen molar-refractivity contribution in [2.45, 2.75) is 6.42 Å². The average molecular weight is 464 g/mol. The molecular formula is C19H15Cl2N5O3S. The maximum atomic E-state index is 12.2. The Morgan fingerprint density at radius 3 is 2.63 bits per heavy atom. The predicted octanol–water partition coefficient (Wildman–Crippen LogP) is 3.80. The number of rotatable bonds is 7. The van der Waals surface area contributed by atoms with E-state index in [1.165, 1.54) is 6.21 Å². The normalized spacial score (nSPS) is 10.8. The lowest BCUT2D eigenvalue weighted by Gasteiger charge is -2.02. The van der Waals surface area contributed by atoms with Crippen LogP contribution in [0.2, 0.25) is 10.0 Å². The Hall–Kier alpha value is -3.01. The van der Waals surface area contributed by atoms with Crippen molar-refractivity contribution in [2.75, 3.05) is 12.4 Å². The highest BCUT2D eigenvalue weighted by atomic mass is 35.5. The number of carbonyl (C=O) groups is 2. The molecular weight excluding hydrogens is 449 g/mol. The van der Waals surface area contributed by atoms with E-state index in [2.05, 4.69) is 26.0 Å². The molecule has 1 heterocycles. The number of benzene rings is 2. The second kappa shape index (κ2) is 10.1. The Kier molecular flexibility index (Phi) is 7.34. The van der Waals surface area contributed by atoms with Crippen molar-refractivity contribution in [1.82, 2.24) is 15.6 Å². The molecule has 0 aliphatic carbocycles. The molecule has 0 radical (unpaired) electrons. The summed E-state index contributed by atoms with van der Waals surface area (Å²) in [4.78, 5) is 24.3. The largest absolute Gasteiger partial charge is 0.497 e. The molecule has 0 unspecified atom stereocenters. The van der Waals surface area contributed by atoms with Gasteiger partial charge in [-0.1, -0.05) is 40.6 Å². The third-order valence-corrected chi connectivity index (χ3v) is 5.11. The van der Waals surface area contributed by atoms with Gasteiger partial charge >= 0.3 is 0 Å². The minimum atomic E-state index is -0.388. The number of nitrogens with zero attached hydrogens (tertiary/aromatic N) is 3. The summed E-state index contributed by atoms with van der Waals surface area (Å²) >= 11 is 13.0. The van der Waals surface area contributed by atoms with Crippen LogP contribution in [0.15, 0.2) is 47.6 Å². The summed E-state index contributed by atoms with van der Waals surface area (Å²) in [6.07, 6.45) is 1.37. The lowest BCUT2D eigenvalue weighted by molar-refractivity contribution is -0.120. The highest BCUT2D eigenvalue weighted by Crippen LogP contribution is 2.20. The maximum Gasteiger partial charge on any atom is 0.257 e. The zero-order valence-electron chi connectivity index (χ0n) is 15.6. The van der Waals surface area contributed by atoms with Crippen LogP contribution in [0.1, 0.15) is 20.9 Å². The standard InChI is InChI=1S/C19H15Cl2N5O3S/c1-29-14-6-3-11(4-7-14)18(28)23-19-26-25-17(30-19)9-16(27)24-22-10-12-2-5-13(20)8-15(12)21/h2-8,10H,9H2,1H3,(H,24,27)(H,23,26,28)/b22-10+. The number of carbonyl (C=O) groups excluding carboxylic acids is 2. The number of hydrazone groups is 1. The number of anilines is 1. The molecule has 30 heavy (non-hydrogen) atoms. The fraction of sp³-hybridized carbons (Fsp3) is 0.105. The number of halogens is 2. The average Bonchev–Trinajstić information content (AvgIpc) is 3.16.